The van der Waals surface area contributed by atoms with Gasteiger partial charge in [-0.05, 0) is 31.9 Å². The van der Waals surface area contributed by atoms with Crippen molar-refractivity contribution in [3.05, 3.63) is 67.3 Å². The van der Waals surface area contributed by atoms with Gasteiger partial charge in [-0.3, -0.25) is 20.2 Å². The van der Waals surface area contributed by atoms with E-state index in [1.807, 2.05) is 6.07 Å². The predicted octanol–water partition coefficient (Wildman–Crippen LogP) is 4.04. The third-order valence-corrected chi connectivity index (χ3v) is 3.73. The van der Waals surface area contributed by atoms with E-state index in [9.17, 15) is 25.0 Å². The molecule has 9 nitrogen and oxygen atoms in total. The number of carbonyl (C=O) groups excluding carboxylic acids is 1. The number of benzene rings is 2. The Kier molecular flexibility index (Phi) is 5.51. The van der Waals surface area contributed by atoms with Gasteiger partial charge in [0.05, 0.1) is 22.0 Å². The summed E-state index contributed by atoms with van der Waals surface area (Å²) in [5.74, 6) is -0.864. The fourth-order valence-corrected chi connectivity index (χ4v) is 2.50. The number of hydrogen-bond donors (Lipinski definition) is 1. The molecule has 0 radical (unpaired) electrons. The molecule has 136 valence electrons. The second kappa shape index (κ2) is 7.60. The van der Waals surface area contributed by atoms with Crippen LogP contribution in [0.25, 0.3) is 0 Å². The molecule has 0 spiro atoms. The topological polar surface area (TPSA) is 125 Å². The van der Waals surface area contributed by atoms with E-state index in [2.05, 4.69) is 5.32 Å². The molecule has 0 bridgehead atoms. The maximum absolute atomic E-state index is 11.9. The fourth-order valence-electron chi connectivity index (χ4n) is 2.50. The van der Waals surface area contributed by atoms with Crippen molar-refractivity contribution in [2.45, 2.75) is 20.8 Å². The van der Waals surface area contributed by atoms with Crippen molar-refractivity contribution in [2.75, 3.05) is 11.9 Å². The van der Waals surface area contributed by atoms with Crippen LogP contribution in [0.4, 0.5) is 22.7 Å². The number of rotatable bonds is 6. The summed E-state index contributed by atoms with van der Waals surface area (Å²) in [4.78, 5) is 33.3. The minimum Gasteiger partial charge on any atom is -0.462 e. The van der Waals surface area contributed by atoms with E-state index < -0.39 is 27.2 Å². The Balaban J connectivity index is 2.69. The van der Waals surface area contributed by atoms with Crippen LogP contribution < -0.4 is 5.32 Å². The molecule has 0 aliphatic heterocycles. The molecular weight excluding hydrogens is 342 g/mol. The lowest BCUT2D eigenvalue weighted by atomic mass is 10.1. The summed E-state index contributed by atoms with van der Waals surface area (Å²) in [5, 5.41) is 25.8. The van der Waals surface area contributed by atoms with Crippen LogP contribution in [-0.4, -0.2) is 22.4 Å². The molecular formula is C17H17N3O6. The van der Waals surface area contributed by atoms with E-state index in [0.29, 0.717) is 5.69 Å². The molecule has 9 heteroatoms. The second-order valence-electron chi connectivity index (χ2n) is 5.52. The van der Waals surface area contributed by atoms with Gasteiger partial charge >= 0.3 is 17.3 Å². The number of carbonyl (C=O) groups is 1. The summed E-state index contributed by atoms with van der Waals surface area (Å²) in [7, 11) is 0. The predicted molar refractivity (Wildman–Crippen MR) is 94.9 cm³/mol. The van der Waals surface area contributed by atoms with Crippen molar-refractivity contribution in [1.82, 2.24) is 0 Å². The molecule has 0 aliphatic rings. The lowest BCUT2D eigenvalue weighted by molar-refractivity contribution is -0.392. The van der Waals surface area contributed by atoms with Crippen LogP contribution in [0.5, 0.6) is 0 Å². The Hall–Kier alpha value is -3.49. The molecule has 2 aromatic carbocycles. The third-order valence-electron chi connectivity index (χ3n) is 3.73. The van der Waals surface area contributed by atoms with Crippen molar-refractivity contribution in [3.8, 4) is 0 Å². The highest BCUT2D eigenvalue weighted by atomic mass is 16.6. The van der Waals surface area contributed by atoms with E-state index in [1.54, 1.807) is 32.9 Å². The van der Waals surface area contributed by atoms with Crippen molar-refractivity contribution in [2.24, 2.45) is 0 Å². The maximum atomic E-state index is 11.9. The minimum absolute atomic E-state index is 0.0445. The molecule has 0 aliphatic carbocycles. The molecule has 1 N–H and O–H groups in total. The zero-order valence-electron chi connectivity index (χ0n) is 14.4. The number of nitro benzene ring substituents is 2. The Labute approximate surface area is 148 Å². The molecule has 0 unspecified atom stereocenters. The molecule has 0 saturated heterocycles. The van der Waals surface area contributed by atoms with E-state index in [4.69, 9.17) is 4.74 Å². The van der Waals surface area contributed by atoms with Crippen LogP contribution >= 0.6 is 0 Å². The van der Waals surface area contributed by atoms with Crippen LogP contribution in [-0.2, 0) is 4.74 Å². The summed E-state index contributed by atoms with van der Waals surface area (Å²) in [6.45, 7) is 5.17. The van der Waals surface area contributed by atoms with Gasteiger partial charge in [-0.25, -0.2) is 4.79 Å². The molecule has 26 heavy (non-hydrogen) atoms. The summed E-state index contributed by atoms with van der Waals surface area (Å²) < 4.78 is 4.79. The molecule has 2 rings (SSSR count). The third kappa shape index (κ3) is 3.77. The van der Waals surface area contributed by atoms with Gasteiger partial charge in [0.2, 0.25) is 0 Å². The molecule has 0 fully saturated rings. The molecule has 0 saturated carbocycles. The van der Waals surface area contributed by atoms with Crippen molar-refractivity contribution in [3.63, 3.8) is 0 Å². The van der Waals surface area contributed by atoms with Gasteiger partial charge in [0.15, 0.2) is 5.69 Å². The van der Waals surface area contributed by atoms with Crippen molar-refractivity contribution >= 4 is 28.7 Å². The second-order valence-corrected chi connectivity index (χ2v) is 5.52. The number of hydrogen-bond acceptors (Lipinski definition) is 7. The summed E-state index contributed by atoms with van der Waals surface area (Å²) >= 11 is 0. The maximum Gasteiger partial charge on any atom is 0.338 e. The molecule has 0 heterocycles. The van der Waals surface area contributed by atoms with Crippen LogP contribution in [0, 0.1) is 34.1 Å². The van der Waals surface area contributed by atoms with Crippen molar-refractivity contribution < 1.29 is 19.4 Å². The lowest BCUT2D eigenvalue weighted by Crippen LogP contribution is -2.09. The number of nitrogens with one attached hydrogen (secondary N) is 1. The van der Waals surface area contributed by atoms with Gasteiger partial charge in [0, 0.05) is 17.8 Å². The van der Waals surface area contributed by atoms with Gasteiger partial charge < -0.3 is 10.1 Å². The minimum atomic E-state index is -0.864. The largest absolute Gasteiger partial charge is 0.462 e. The summed E-state index contributed by atoms with van der Waals surface area (Å²) in [6, 6.07) is 7.31. The van der Waals surface area contributed by atoms with Crippen LogP contribution in [0.1, 0.15) is 28.4 Å². The number of anilines is 2. The number of nitro groups is 2. The Bertz CT molecular complexity index is 839. The van der Waals surface area contributed by atoms with Gasteiger partial charge in [-0.2, -0.15) is 0 Å². The first-order valence-electron chi connectivity index (χ1n) is 7.73. The highest BCUT2D eigenvalue weighted by Gasteiger charge is 2.29. The smallest absolute Gasteiger partial charge is 0.338 e. The number of ether oxygens (including phenoxy) is 1. The van der Waals surface area contributed by atoms with Crippen LogP contribution in [0.3, 0.4) is 0 Å². The average Bonchev–Trinajstić information content (AvgIpc) is 2.57. The number of para-hydroxylation sites is 1. The first-order valence-corrected chi connectivity index (χ1v) is 7.73. The van der Waals surface area contributed by atoms with Gasteiger partial charge in [0.25, 0.3) is 0 Å². The molecule has 0 atom stereocenters. The number of aryl methyl sites for hydroxylation is 2. The normalized spacial score (nSPS) is 10.3. The lowest BCUT2D eigenvalue weighted by Gasteiger charge is -2.13. The quantitative estimate of drug-likeness (QED) is 0.469. The van der Waals surface area contributed by atoms with Crippen LogP contribution in [0.2, 0.25) is 0 Å². The number of esters is 1. The Morgan fingerprint density at radius 3 is 1.96 bits per heavy atom. The monoisotopic (exact) mass is 359 g/mol. The fraction of sp³-hybridized carbons (Fsp3) is 0.235. The summed E-state index contributed by atoms with van der Waals surface area (Å²) in [5.41, 5.74) is 0.367. The van der Waals surface area contributed by atoms with Gasteiger partial charge in [-0.15, -0.1) is 0 Å². The van der Waals surface area contributed by atoms with E-state index in [0.717, 1.165) is 23.3 Å². The standard InChI is InChI=1S/C17H17N3O6/c1-4-26-17(21)12-8-13(19(22)23)16(14(9-12)20(24)25)18-15-10(2)6-5-7-11(15)3/h5-9,18H,4H2,1-3H3. The SMILES string of the molecule is CCOC(=O)c1cc([N+](=O)[O-])c(Nc2c(C)cccc2C)c([N+](=O)[O-])c1. The highest BCUT2D eigenvalue weighted by Crippen LogP contribution is 2.39. The molecule has 0 amide bonds. The average molecular weight is 359 g/mol. The van der Waals surface area contributed by atoms with E-state index >= 15 is 0 Å². The van der Waals surface area contributed by atoms with E-state index in [1.165, 1.54) is 0 Å². The van der Waals surface area contributed by atoms with Gasteiger partial charge in [-0.1, -0.05) is 18.2 Å². The highest BCUT2D eigenvalue weighted by molar-refractivity contribution is 5.94. The Morgan fingerprint density at radius 2 is 1.54 bits per heavy atom. The molecule has 0 aromatic heterocycles. The number of nitrogens with zero attached hydrogens (tertiary/aromatic N) is 2. The van der Waals surface area contributed by atoms with Crippen LogP contribution in [0.15, 0.2) is 30.3 Å². The summed E-state index contributed by atoms with van der Waals surface area (Å²) in [6.07, 6.45) is 0. The zero-order chi connectivity index (χ0) is 19.4. The van der Waals surface area contributed by atoms with E-state index in [-0.39, 0.29) is 17.9 Å². The first-order chi connectivity index (χ1) is 12.3. The Morgan fingerprint density at radius 1 is 1.04 bits per heavy atom. The molecule has 2 aromatic rings. The zero-order valence-corrected chi connectivity index (χ0v) is 14.4. The van der Waals surface area contributed by atoms with Gasteiger partial charge in [0.1, 0.15) is 0 Å². The van der Waals surface area contributed by atoms with Crippen molar-refractivity contribution in [1.29, 1.82) is 0 Å². The first kappa shape index (κ1) is 18.8.